The lowest BCUT2D eigenvalue weighted by Gasteiger charge is -2.19. The summed E-state index contributed by atoms with van der Waals surface area (Å²) in [4.78, 5) is 0. The molecule has 0 bridgehead atoms. The van der Waals surface area contributed by atoms with Gasteiger partial charge in [-0.05, 0) is 48.9 Å². The van der Waals surface area contributed by atoms with Crippen molar-refractivity contribution in [2.45, 2.75) is 12.5 Å². The van der Waals surface area contributed by atoms with Crippen LogP contribution in [0.5, 0.6) is 0 Å². The van der Waals surface area contributed by atoms with Gasteiger partial charge >= 0.3 is 0 Å². The highest BCUT2D eigenvalue weighted by atomic mass is 79.9. The van der Waals surface area contributed by atoms with Gasteiger partial charge in [-0.25, -0.2) is 4.39 Å². The quantitative estimate of drug-likeness (QED) is 0.618. The monoisotopic (exact) mass is 463 g/mol. The zero-order valence-electron chi connectivity index (χ0n) is 10.8. The molecule has 0 aliphatic carbocycles. The van der Waals surface area contributed by atoms with Gasteiger partial charge in [-0.1, -0.05) is 59.9 Å². The minimum absolute atomic E-state index is 0.152. The molecule has 0 saturated carbocycles. The lowest BCUT2D eigenvalue weighted by Crippen LogP contribution is -2.19. The Morgan fingerprint density at radius 3 is 2.40 bits per heavy atom. The Kier molecular flexibility index (Phi) is 5.78. The summed E-state index contributed by atoms with van der Waals surface area (Å²) in [6.07, 6.45) is 0.775. The van der Waals surface area contributed by atoms with Crippen LogP contribution in [-0.4, -0.2) is 7.05 Å². The van der Waals surface area contributed by atoms with Crippen molar-refractivity contribution >= 4 is 47.8 Å². The van der Waals surface area contributed by atoms with Crippen LogP contribution in [0.4, 0.5) is 4.39 Å². The summed E-state index contributed by atoms with van der Waals surface area (Å²) in [6, 6.07) is 11.1. The second kappa shape index (κ2) is 7.16. The molecule has 5 heteroatoms. The average molecular weight is 466 g/mol. The van der Waals surface area contributed by atoms with Crippen molar-refractivity contribution in [1.82, 2.24) is 5.32 Å². The number of halogens is 4. The summed E-state index contributed by atoms with van der Waals surface area (Å²) >= 11 is 10.5. The normalized spacial score (nSPS) is 12.4. The molecule has 2 aromatic rings. The van der Waals surface area contributed by atoms with Gasteiger partial charge in [-0.15, -0.1) is 0 Å². The van der Waals surface area contributed by atoms with Crippen molar-refractivity contribution in [1.29, 1.82) is 0 Å². The van der Waals surface area contributed by atoms with Gasteiger partial charge in [0.2, 0.25) is 0 Å². The molecule has 0 heterocycles. The molecule has 0 spiro atoms. The second-order valence-electron chi connectivity index (χ2n) is 4.45. The lowest BCUT2D eigenvalue weighted by molar-refractivity contribution is 0.585. The van der Waals surface area contributed by atoms with E-state index in [9.17, 15) is 4.39 Å². The maximum atomic E-state index is 13.1. The van der Waals surface area contributed by atoms with E-state index >= 15 is 0 Å². The highest BCUT2D eigenvalue weighted by molar-refractivity contribution is 9.11. The fourth-order valence-electron chi connectivity index (χ4n) is 2.06. The third-order valence-corrected chi connectivity index (χ3v) is 5.04. The Hall–Kier alpha value is -0.230. The zero-order valence-corrected chi connectivity index (χ0v) is 15.5. The maximum absolute atomic E-state index is 13.1. The molecule has 1 nitrogen and oxygen atoms in total. The third kappa shape index (κ3) is 3.91. The number of likely N-dealkylation sites (N-methyl/N-ethyl adjacent to an activating group) is 1. The molecule has 1 atom stereocenters. The maximum Gasteiger partial charge on any atom is 0.124 e. The molecule has 1 unspecified atom stereocenters. The predicted octanol–water partition coefficient (Wildman–Crippen LogP) is 5.62. The van der Waals surface area contributed by atoms with E-state index < -0.39 is 0 Å². The number of nitrogens with one attached hydrogen (secondary N) is 1. The largest absolute Gasteiger partial charge is 0.313 e. The molecule has 2 aromatic carbocycles. The van der Waals surface area contributed by atoms with Crippen molar-refractivity contribution in [3.8, 4) is 0 Å². The predicted molar refractivity (Wildman–Crippen MR) is 91.4 cm³/mol. The molecule has 1 N–H and O–H groups in total. The van der Waals surface area contributed by atoms with Crippen LogP contribution in [0.25, 0.3) is 0 Å². The highest BCUT2D eigenvalue weighted by Crippen LogP contribution is 2.30. The Balaban J connectivity index is 2.28. The second-order valence-corrected chi connectivity index (χ2v) is 7.07. The smallest absolute Gasteiger partial charge is 0.124 e. The van der Waals surface area contributed by atoms with Gasteiger partial charge in [0, 0.05) is 19.5 Å². The molecule has 0 aliphatic rings. The van der Waals surface area contributed by atoms with Crippen LogP contribution in [0.2, 0.25) is 0 Å². The van der Waals surface area contributed by atoms with E-state index in [0.29, 0.717) is 0 Å². The number of hydrogen-bond donors (Lipinski definition) is 1. The Morgan fingerprint density at radius 2 is 1.80 bits per heavy atom. The summed E-state index contributed by atoms with van der Waals surface area (Å²) < 4.78 is 16.0. The van der Waals surface area contributed by atoms with Crippen molar-refractivity contribution < 1.29 is 4.39 Å². The number of hydrogen-bond acceptors (Lipinski definition) is 1. The number of benzene rings is 2. The Labute approximate surface area is 143 Å². The highest BCUT2D eigenvalue weighted by Gasteiger charge is 2.15. The molecule has 0 aliphatic heterocycles. The summed E-state index contributed by atoms with van der Waals surface area (Å²) in [6.45, 7) is 0. The van der Waals surface area contributed by atoms with Crippen LogP contribution < -0.4 is 5.32 Å². The topological polar surface area (TPSA) is 12.0 Å². The van der Waals surface area contributed by atoms with Crippen molar-refractivity contribution in [2.75, 3.05) is 7.05 Å². The molecular weight excluding hydrogens is 453 g/mol. The summed E-state index contributed by atoms with van der Waals surface area (Å²) in [7, 11) is 1.93. The lowest BCUT2D eigenvalue weighted by atomic mass is 9.99. The van der Waals surface area contributed by atoms with Gasteiger partial charge in [0.25, 0.3) is 0 Å². The van der Waals surface area contributed by atoms with Gasteiger partial charge in [0.1, 0.15) is 5.82 Å². The van der Waals surface area contributed by atoms with E-state index in [1.165, 1.54) is 17.7 Å². The van der Waals surface area contributed by atoms with Crippen LogP contribution in [-0.2, 0) is 6.42 Å². The van der Waals surface area contributed by atoms with Crippen LogP contribution in [0, 0.1) is 5.82 Å². The van der Waals surface area contributed by atoms with Crippen LogP contribution in [0.3, 0.4) is 0 Å². The van der Waals surface area contributed by atoms with E-state index in [4.69, 9.17) is 0 Å². The van der Waals surface area contributed by atoms with Crippen molar-refractivity contribution in [2.24, 2.45) is 0 Å². The van der Waals surface area contributed by atoms with Crippen molar-refractivity contribution in [3.63, 3.8) is 0 Å². The van der Waals surface area contributed by atoms with Gasteiger partial charge < -0.3 is 5.32 Å². The molecule has 0 radical (unpaired) electrons. The zero-order chi connectivity index (χ0) is 14.7. The first-order chi connectivity index (χ1) is 9.51. The van der Waals surface area contributed by atoms with E-state index in [0.717, 1.165) is 25.4 Å². The van der Waals surface area contributed by atoms with E-state index in [1.807, 2.05) is 25.2 Å². The van der Waals surface area contributed by atoms with E-state index in [-0.39, 0.29) is 11.9 Å². The minimum atomic E-state index is -0.230. The molecule has 0 amide bonds. The first-order valence-electron chi connectivity index (χ1n) is 6.07. The summed E-state index contributed by atoms with van der Waals surface area (Å²) in [5.41, 5.74) is 2.24. The Bertz CT molecular complexity index is 616. The molecular formula is C15H13Br3FN. The van der Waals surface area contributed by atoms with Gasteiger partial charge in [-0.2, -0.15) is 0 Å². The molecule has 20 heavy (non-hydrogen) atoms. The third-order valence-electron chi connectivity index (χ3n) is 3.13. The van der Waals surface area contributed by atoms with Gasteiger partial charge in [0.15, 0.2) is 0 Å². The molecule has 0 fully saturated rings. The molecule has 106 valence electrons. The van der Waals surface area contributed by atoms with Crippen LogP contribution in [0.15, 0.2) is 49.8 Å². The standard InChI is InChI=1S/C15H13Br3FN/c1-20-15(12-5-3-10(16)7-14(12)18)6-9-2-4-11(19)8-13(9)17/h2-5,7-8,15,20H,6H2,1H3. The summed E-state index contributed by atoms with van der Waals surface area (Å²) in [5.74, 6) is -0.230. The fraction of sp³-hybridized carbons (Fsp3) is 0.200. The first kappa shape index (κ1) is 16.1. The van der Waals surface area contributed by atoms with Crippen molar-refractivity contribution in [3.05, 3.63) is 66.8 Å². The average Bonchev–Trinajstić information content (AvgIpc) is 2.39. The first-order valence-corrected chi connectivity index (χ1v) is 8.45. The van der Waals surface area contributed by atoms with E-state index in [2.05, 4.69) is 59.2 Å². The fourth-order valence-corrected chi connectivity index (χ4v) is 3.89. The Morgan fingerprint density at radius 1 is 1.05 bits per heavy atom. The van der Waals surface area contributed by atoms with E-state index in [1.54, 1.807) is 0 Å². The van der Waals surface area contributed by atoms with Gasteiger partial charge in [0.05, 0.1) is 0 Å². The number of rotatable bonds is 4. The van der Waals surface area contributed by atoms with Gasteiger partial charge in [-0.3, -0.25) is 0 Å². The molecule has 2 rings (SSSR count). The summed E-state index contributed by atoms with van der Waals surface area (Å²) in [5, 5.41) is 3.31. The minimum Gasteiger partial charge on any atom is -0.313 e. The molecule has 0 saturated heterocycles. The molecule has 0 aromatic heterocycles. The SMILES string of the molecule is CNC(Cc1ccc(F)cc1Br)c1ccc(Br)cc1Br. The van der Waals surface area contributed by atoms with Crippen LogP contribution >= 0.6 is 47.8 Å². The van der Waals surface area contributed by atoms with Crippen LogP contribution in [0.1, 0.15) is 17.2 Å².